The van der Waals surface area contributed by atoms with Crippen LogP contribution < -0.4 is 4.74 Å². The summed E-state index contributed by atoms with van der Waals surface area (Å²) in [4.78, 5) is 12.9. The first-order chi connectivity index (χ1) is 16.2. The van der Waals surface area contributed by atoms with E-state index in [-0.39, 0.29) is 16.9 Å². The zero-order valence-electron chi connectivity index (χ0n) is 17.5. The van der Waals surface area contributed by atoms with E-state index < -0.39 is 12.1 Å². The molecule has 0 aliphatic heterocycles. The van der Waals surface area contributed by atoms with E-state index in [0.29, 0.717) is 11.3 Å². The van der Waals surface area contributed by atoms with Gasteiger partial charge in [0.2, 0.25) is 0 Å². The Morgan fingerprint density at radius 2 is 1.30 bits per heavy atom. The minimum Gasteiger partial charge on any atom is -0.456 e. The van der Waals surface area contributed by atoms with Gasteiger partial charge in [-0.05, 0) is 47.5 Å². The van der Waals surface area contributed by atoms with Gasteiger partial charge in [-0.15, -0.1) is 0 Å². The second-order valence-corrected chi connectivity index (χ2v) is 7.14. The third kappa shape index (κ3) is 4.90. The normalized spacial score (nSPS) is 10.2. The molecule has 33 heavy (non-hydrogen) atoms. The number of rotatable bonds is 6. The minimum atomic E-state index is -0.539. The fourth-order valence-corrected chi connectivity index (χ4v) is 3.37. The Hall–Kier alpha value is -4.87. The number of carbonyl (C=O) groups is 1. The van der Waals surface area contributed by atoms with Crippen molar-refractivity contribution >= 4 is 5.97 Å². The highest BCUT2D eigenvalue weighted by Crippen LogP contribution is 2.29. The maximum absolute atomic E-state index is 12.9. The van der Waals surface area contributed by atoms with E-state index in [0.717, 1.165) is 11.1 Å². The van der Waals surface area contributed by atoms with Crippen LogP contribution in [0.3, 0.4) is 0 Å². The van der Waals surface area contributed by atoms with Gasteiger partial charge >= 0.3 is 5.97 Å². The number of benzene rings is 4. The fraction of sp³-hybridized carbons (Fsp3) is 0.0357. The van der Waals surface area contributed by atoms with Crippen molar-refractivity contribution in [1.29, 1.82) is 10.5 Å². The second-order valence-electron chi connectivity index (χ2n) is 7.14. The van der Waals surface area contributed by atoms with Gasteiger partial charge in [0.1, 0.15) is 29.2 Å². The van der Waals surface area contributed by atoms with Crippen molar-refractivity contribution in [3.63, 3.8) is 0 Å². The SMILES string of the molecule is N#Cc1cccc(Oc2ccc(C(=O)OC(c3ccccc3)c3ccccc3)cc2)c1C#N. The van der Waals surface area contributed by atoms with Crippen LogP contribution in [-0.4, -0.2) is 5.97 Å². The Kier molecular flexibility index (Phi) is 6.45. The molecule has 0 fully saturated rings. The Labute approximate surface area is 191 Å². The summed E-state index contributed by atoms with van der Waals surface area (Å²) in [6, 6.07) is 34.4. The molecule has 0 aliphatic rings. The van der Waals surface area contributed by atoms with Gasteiger partial charge in [-0.1, -0.05) is 66.7 Å². The highest BCUT2D eigenvalue weighted by molar-refractivity contribution is 5.89. The molecule has 4 rings (SSSR count). The van der Waals surface area contributed by atoms with E-state index in [9.17, 15) is 10.1 Å². The number of hydrogen-bond acceptors (Lipinski definition) is 5. The van der Waals surface area contributed by atoms with Crippen LogP contribution in [0.2, 0.25) is 0 Å². The van der Waals surface area contributed by atoms with E-state index in [1.165, 1.54) is 0 Å². The first-order valence-corrected chi connectivity index (χ1v) is 10.2. The summed E-state index contributed by atoms with van der Waals surface area (Å²) in [7, 11) is 0. The van der Waals surface area contributed by atoms with Crippen molar-refractivity contribution in [3.8, 4) is 23.6 Å². The van der Waals surface area contributed by atoms with Gasteiger partial charge in [-0.3, -0.25) is 0 Å². The predicted molar refractivity (Wildman–Crippen MR) is 123 cm³/mol. The molecule has 4 aromatic rings. The Bertz CT molecular complexity index is 1300. The Morgan fingerprint density at radius 3 is 1.85 bits per heavy atom. The standard InChI is InChI=1S/C28H18N2O3/c29-18-23-12-7-13-26(25(23)19-30)32-24-16-14-22(15-17-24)28(31)33-27(20-8-3-1-4-9-20)21-10-5-2-6-11-21/h1-17,27H. The predicted octanol–water partition coefficient (Wildman–Crippen LogP) is 6.17. The van der Waals surface area contributed by atoms with Gasteiger partial charge in [0, 0.05) is 0 Å². The van der Waals surface area contributed by atoms with Crippen molar-refractivity contribution < 1.29 is 14.3 Å². The minimum absolute atomic E-state index is 0.164. The van der Waals surface area contributed by atoms with E-state index in [1.54, 1.807) is 42.5 Å². The molecule has 0 bridgehead atoms. The summed E-state index contributed by atoms with van der Waals surface area (Å²) >= 11 is 0. The zero-order valence-corrected chi connectivity index (χ0v) is 17.5. The van der Waals surface area contributed by atoms with Gasteiger partial charge in [-0.25, -0.2) is 4.79 Å². The third-order valence-electron chi connectivity index (χ3n) is 5.01. The Morgan fingerprint density at radius 1 is 0.697 bits per heavy atom. The van der Waals surface area contributed by atoms with Crippen molar-refractivity contribution in [2.24, 2.45) is 0 Å². The molecule has 4 aromatic carbocycles. The molecule has 0 saturated heterocycles. The molecule has 0 unspecified atom stereocenters. The number of nitrogens with zero attached hydrogens (tertiary/aromatic N) is 2. The summed E-state index contributed by atoms with van der Waals surface area (Å²) in [6.45, 7) is 0. The summed E-state index contributed by atoms with van der Waals surface area (Å²) < 4.78 is 11.6. The molecule has 0 amide bonds. The summed E-state index contributed by atoms with van der Waals surface area (Å²) in [6.07, 6.45) is -0.539. The van der Waals surface area contributed by atoms with E-state index in [1.807, 2.05) is 72.8 Å². The molecule has 5 heteroatoms. The molecule has 5 nitrogen and oxygen atoms in total. The van der Waals surface area contributed by atoms with Gasteiger partial charge in [0.05, 0.1) is 11.1 Å². The molecule has 0 radical (unpaired) electrons. The third-order valence-corrected chi connectivity index (χ3v) is 5.01. The van der Waals surface area contributed by atoms with Gasteiger partial charge in [-0.2, -0.15) is 10.5 Å². The van der Waals surface area contributed by atoms with Crippen LogP contribution in [0.15, 0.2) is 103 Å². The van der Waals surface area contributed by atoms with E-state index in [2.05, 4.69) is 0 Å². The monoisotopic (exact) mass is 430 g/mol. The van der Waals surface area contributed by atoms with Gasteiger partial charge < -0.3 is 9.47 Å². The van der Waals surface area contributed by atoms with Crippen molar-refractivity contribution in [1.82, 2.24) is 0 Å². The van der Waals surface area contributed by atoms with E-state index in [4.69, 9.17) is 14.7 Å². The molecule has 0 aliphatic carbocycles. The first kappa shape index (κ1) is 21.4. The van der Waals surface area contributed by atoms with Crippen LogP contribution in [-0.2, 0) is 4.74 Å². The average molecular weight is 430 g/mol. The second kappa shape index (κ2) is 9.96. The average Bonchev–Trinajstić information content (AvgIpc) is 2.88. The maximum Gasteiger partial charge on any atom is 0.339 e. The van der Waals surface area contributed by atoms with Gasteiger partial charge in [0.25, 0.3) is 0 Å². The van der Waals surface area contributed by atoms with Crippen molar-refractivity contribution in [2.75, 3.05) is 0 Å². The van der Waals surface area contributed by atoms with Crippen LogP contribution in [0.5, 0.6) is 11.5 Å². The smallest absolute Gasteiger partial charge is 0.339 e. The fourth-order valence-electron chi connectivity index (χ4n) is 3.37. The van der Waals surface area contributed by atoms with Crippen LogP contribution in [0.1, 0.15) is 38.7 Å². The lowest BCUT2D eigenvalue weighted by Crippen LogP contribution is -2.13. The molecule has 0 saturated carbocycles. The highest BCUT2D eigenvalue weighted by atomic mass is 16.5. The molecule has 0 N–H and O–H groups in total. The Balaban J connectivity index is 1.54. The number of nitriles is 2. The van der Waals surface area contributed by atoms with Crippen LogP contribution in [0.25, 0.3) is 0 Å². The quantitative estimate of drug-likeness (QED) is 0.342. The van der Waals surface area contributed by atoms with Crippen LogP contribution >= 0.6 is 0 Å². The number of ether oxygens (including phenoxy) is 2. The molecule has 0 atom stereocenters. The topological polar surface area (TPSA) is 83.1 Å². The largest absolute Gasteiger partial charge is 0.456 e. The lowest BCUT2D eigenvalue weighted by Gasteiger charge is -2.19. The van der Waals surface area contributed by atoms with Crippen LogP contribution in [0.4, 0.5) is 0 Å². The lowest BCUT2D eigenvalue weighted by molar-refractivity contribution is 0.0378. The lowest BCUT2D eigenvalue weighted by atomic mass is 10.0. The van der Waals surface area contributed by atoms with Crippen LogP contribution in [0, 0.1) is 22.7 Å². The molecule has 158 valence electrons. The van der Waals surface area contributed by atoms with Crippen molar-refractivity contribution in [3.05, 3.63) is 131 Å². The van der Waals surface area contributed by atoms with Crippen molar-refractivity contribution in [2.45, 2.75) is 6.10 Å². The molecular formula is C28H18N2O3. The highest BCUT2D eigenvalue weighted by Gasteiger charge is 2.20. The number of carbonyl (C=O) groups excluding carboxylic acids is 1. The molecule has 0 spiro atoms. The maximum atomic E-state index is 12.9. The summed E-state index contributed by atoms with van der Waals surface area (Å²) in [5, 5.41) is 18.5. The summed E-state index contributed by atoms with van der Waals surface area (Å²) in [5.74, 6) is 0.240. The number of hydrogen-bond donors (Lipinski definition) is 0. The zero-order chi connectivity index (χ0) is 23.0. The first-order valence-electron chi connectivity index (χ1n) is 10.2. The molecule has 0 heterocycles. The summed E-state index contributed by atoms with van der Waals surface area (Å²) in [5.41, 5.74) is 2.52. The molecular weight excluding hydrogens is 412 g/mol. The van der Waals surface area contributed by atoms with E-state index >= 15 is 0 Å². The molecule has 0 aromatic heterocycles. The van der Waals surface area contributed by atoms with Gasteiger partial charge in [0.15, 0.2) is 6.10 Å². The number of esters is 1.